The fraction of sp³-hybridized carbons (Fsp3) is 0.269. The standard InChI is InChI=1S/C25H30BN2.C24H28BN2.2C22H24BN2/c1-17(2)15-20-16-25(27(5)23-13-9-8-12-22(20)23)26-19(4)18(3)21-11-7-10-14-24(21)28(26)6;1-16(2)21-15-24(26(5)22-13-9-8-12-20(21)22)25-18(4)17(3)19-11-7-10-14-23(19)27(25)6;1-15-14-22(24(4)20-12-8-6-10-18(15)20)23-17(3)16(2)19-11-7-9-13-21(19)25(23)5;1-15-9-8-12-20-18(15)13-14-22(24(20)4)23-17(3)16(2)19-10-6-7-11-21(19)25(23)5/h7-14,16-17H,15H2,1-6H3;7-16H,1-6H3;2*6-14H,1-5H3/q4*+1. The predicted molar refractivity (Wildman–Crippen MR) is 457 cm³/mol. The van der Waals surface area contributed by atoms with Crippen LogP contribution in [0.4, 0.5) is 22.7 Å². The largest absolute Gasteiger partial charge is 0.404 e. The number of aryl methyl sites for hydroxylation is 6. The van der Waals surface area contributed by atoms with Gasteiger partial charge in [-0.3, -0.25) is 0 Å². The van der Waals surface area contributed by atoms with Crippen LogP contribution in [0.1, 0.15) is 134 Å². The number of nitrogens with zero attached hydrogens (tertiary/aromatic N) is 8. The van der Waals surface area contributed by atoms with Gasteiger partial charge in [0, 0.05) is 86.8 Å². The molecule has 0 N–H and O–H groups in total. The van der Waals surface area contributed by atoms with Crippen LogP contribution in [0.5, 0.6) is 0 Å². The molecule has 8 aromatic carbocycles. The second-order valence-electron chi connectivity index (χ2n) is 31.0. The molecule has 0 spiro atoms. The van der Waals surface area contributed by atoms with Crippen molar-refractivity contribution in [3.8, 4) is 0 Å². The van der Waals surface area contributed by atoms with E-state index in [0.29, 0.717) is 11.8 Å². The number of fused-ring (bicyclic) bond motifs is 8. The van der Waals surface area contributed by atoms with E-state index in [1.165, 1.54) is 177 Å². The number of hydrogen-bond acceptors (Lipinski definition) is 4. The Morgan fingerprint density at radius 2 is 0.600 bits per heavy atom. The van der Waals surface area contributed by atoms with Gasteiger partial charge in [-0.15, -0.1) is 0 Å². The molecule has 0 aliphatic carbocycles. The number of hydrogen-bond donors (Lipinski definition) is 0. The van der Waals surface area contributed by atoms with Crippen LogP contribution >= 0.6 is 0 Å². The number of anilines is 4. The molecule has 0 amide bonds. The number of rotatable bonds is 7. The summed E-state index contributed by atoms with van der Waals surface area (Å²) < 4.78 is 9.49. The van der Waals surface area contributed by atoms with Crippen LogP contribution in [0.2, 0.25) is 0 Å². The molecular formula is C93H106B4N8+4. The second-order valence-corrected chi connectivity index (χ2v) is 31.0. The lowest BCUT2D eigenvalue weighted by molar-refractivity contribution is -0.627. The summed E-state index contributed by atoms with van der Waals surface area (Å²) in [5, 5.41) is 5.38. The Hall–Kier alpha value is -10.2. The van der Waals surface area contributed by atoms with Crippen molar-refractivity contribution in [1.82, 2.24) is 0 Å². The molecule has 4 aliphatic rings. The van der Waals surface area contributed by atoms with Crippen LogP contribution in [0, 0.1) is 19.8 Å². The Labute approximate surface area is 628 Å². The molecular weight excluding hydrogens is 1270 g/mol. The quantitative estimate of drug-likeness (QED) is 0.117. The molecule has 0 bridgehead atoms. The van der Waals surface area contributed by atoms with Crippen molar-refractivity contribution >= 4 is 138 Å². The Morgan fingerprint density at radius 1 is 0.295 bits per heavy atom. The van der Waals surface area contributed by atoms with Gasteiger partial charge < -0.3 is 19.2 Å². The van der Waals surface area contributed by atoms with Crippen LogP contribution < -0.4 is 59.9 Å². The van der Waals surface area contributed by atoms with Crippen molar-refractivity contribution in [2.24, 2.45) is 34.1 Å². The van der Waals surface area contributed by atoms with Crippen molar-refractivity contribution in [2.75, 3.05) is 47.4 Å². The summed E-state index contributed by atoms with van der Waals surface area (Å²) in [4.78, 5) is 9.71. The third-order valence-corrected chi connectivity index (χ3v) is 24.2. The SMILES string of the molecule is CC1=C(C)c2ccccc2N(C)B1c1cc(C(C)C)c2ccccc2[n+]1C.CC1=C(C)c2ccccc2N(C)B1c1cc(C)c2ccccc2[n+]1C.CC1=C(C)c2ccccc2N(C)B1c1cc(CC(C)C)c2ccccc2[n+]1C.CC1=C(C)c2ccccc2N(C)B1c1ccc2c(C)cccc2[n+]1C. The summed E-state index contributed by atoms with van der Waals surface area (Å²) in [5.74, 6) is 1.12. The van der Waals surface area contributed by atoms with E-state index in [1.807, 2.05) is 0 Å². The van der Waals surface area contributed by atoms with Crippen LogP contribution in [0.25, 0.3) is 65.9 Å². The predicted octanol–water partition coefficient (Wildman–Crippen LogP) is 16.3. The van der Waals surface area contributed by atoms with E-state index in [0.717, 1.165) is 6.42 Å². The zero-order valence-corrected chi connectivity index (χ0v) is 66.5. The molecule has 12 heteroatoms. The molecule has 0 saturated carbocycles. The Morgan fingerprint density at radius 3 is 1.01 bits per heavy atom. The molecule has 4 aliphatic heterocycles. The third-order valence-electron chi connectivity index (χ3n) is 24.2. The number of allylic oxidation sites excluding steroid dienone is 8. The lowest BCUT2D eigenvalue weighted by Crippen LogP contribution is -2.62. The number of benzene rings is 8. The summed E-state index contributed by atoms with van der Waals surface area (Å²) >= 11 is 0. The first-order valence-corrected chi connectivity index (χ1v) is 37.9. The highest BCUT2D eigenvalue weighted by Gasteiger charge is 2.44. The minimum atomic E-state index is 0.243. The molecule has 12 aromatic rings. The number of aromatic nitrogens is 4. The summed E-state index contributed by atoms with van der Waals surface area (Å²) in [6.07, 6.45) is 1.10. The molecule has 526 valence electrons. The van der Waals surface area contributed by atoms with Gasteiger partial charge in [0.2, 0.25) is 22.1 Å². The maximum absolute atomic E-state index is 2.45. The van der Waals surface area contributed by atoms with Gasteiger partial charge in [-0.05, 0) is 237 Å². The third kappa shape index (κ3) is 13.1. The number of pyridine rings is 4. The minimum absolute atomic E-state index is 0.243. The topological polar surface area (TPSA) is 28.5 Å². The van der Waals surface area contributed by atoms with Crippen LogP contribution in [-0.4, -0.2) is 55.6 Å². The van der Waals surface area contributed by atoms with Gasteiger partial charge in [0.1, 0.15) is 28.2 Å². The smallest absolute Gasteiger partial charge is 0.399 e. The first kappa shape index (κ1) is 73.1. The fourth-order valence-electron chi connectivity index (χ4n) is 17.9. The van der Waals surface area contributed by atoms with Crippen molar-refractivity contribution in [1.29, 1.82) is 0 Å². The van der Waals surface area contributed by atoms with Gasteiger partial charge in [0.25, 0.3) is 0 Å². The maximum Gasteiger partial charge on any atom is 0.399 e. The molecule has 8 heterocycles. The van der Waals surface area contributed by atoms with Gasteiger partial charge in [0.05, 0.1) is 0 Å². The highest BCUT2D eigenvalue weighted by Crippen LogP contribution is 2.40. The van der Waals surface area contributed by atoms with Crippen molar-refractivity contribution in [3.05, 3.63) is 285 Å². The maximum atomic E-state index is 2.45. The van der Waals surface area contributed by atoms with Crippen LogP contribution in [0.15, 0.2) is 240 Å². The minimum Gasteiger partial charge on any atom is -0.404 e. The highest BCUT2D eigenvalue weighted by atomic mass is 15.1. The van der Waals surface area contributed by atoms with E-state index in [2.05, 4.69) is 409 Å². The average Bonchev–Trinajstić information content (AvgIpc) is 0.758. The Bertz CT molecular complexity index is 5530. The zero-order valence-electron chi connectivity index (χ0n) is 66.5. The van der Waals surface area contributed by atoms with E-state index in [-0.39, 0.29) is 27.4 Å². The molecule has 0 radical (unpaired) electrons. The fourth-order valence-corrected chi connectivity index (χ4v) is 17.9. The van der Waals surface area contributed by atoms with Gasteiger partial charge >= 0.3 is 27.4 Å². The summed E-state index contributed by atoms with van der Waals surface area (Å²) in [7, 11) is 17.7. The van der Waals surface area contributed by atoms with E-state index in [4.69, 9.17) is 0 Å². The summed E-state index contributed by atoms with van der Waals surface area (Å²) in [5.41, 5.74) is 38.0. The van der Waals surface area contributed by atoms with E-state index in [1.54, 1.807) is 0 Å². The van der Waals surface area contributed by atoms with Gasteiger partial charge in [-0.1, -0.05) is 171 Å². The molecule has 8 nitrogen and oxygen atoms in total. The zero-order chi connectivity index (χ0) is 74.7. The van der Waals surface area contributed by atoms with E-state index < -0.39 is 0 Å². The second kappa shape index (κ2) is 29.8. The molecule has 16 rings (SSSR count). The molecule has 4 aromatic heterocycles. The van der Waals surface area contributed by atoms with Crippen molar-refractivity contribution < 1.29 is 18.3 Å². The van der Waals surface area contributed by atoms with Gasteiger partial charge in [-0.2, -0.15) is 0 Å². The Balaban J connectivity index is 0.000000124. The average molecular weight is 1380 g/mol. The van der Waals surface area contributed by atoms with E-state index >= 15 is 0 Å². The highest BCUT2D eigenvalue weighted by molar-refractivity contribution is 6.85. The molecule has 0 unspecified atom stereocenters. The summed E-state index contributed by atoms with van der Waals surface area (Å²) in [6, 6.07) is 79.6. The number of para-hydroxylation sites is 7. The van der Waals surface area contributed by atoms with Crippen LogP contribution in [-0.2, 0) is 34.6 Å². The van der Waals surface area contributed by atoms with Crippen LogP contribution in [0.3, 0.4) is 0 Å². The summed E-state index contributed by atoms with van der Waals surface area (Å²) in [6.45, 7) is 32.7. The molecule has 0 atom stereocenters. The van der Waals surface area contributed by atoms with Gasteiger partial charge in [-0.25, -0.2) is 18.3 Å². The first-order chi connectivity index (χ1) is 50.3. The van der Waals surface area contributed by atoms with Crippen molar-refractivity contribution in [2.45, 2.75) is 109 Å². The lowest BCUT2D eigenvalue weighted by Gasteiger charge is -2.34. The van der Waals surface area contributed by atoms with E-state index in [9.17, 15) is 0 Å². The first-order valence-electron chi connectivity index (χ1n) is 37.9. The van der Waals surface area contributed by atoms with Gasteiger partial charge in [0.15, 0.2) is 22.4 Å². The molecule has 0 saturated heterocycles. The monoisotopic (exact) mass is 1380 g/mol. The molecule has 105 heavy (non-hydrogen) atoms. The van der Waals surface area contributed by atoms with Crippen molar-refractivity contribution in [3.63, 3.8) is 0 Å². The molecule has 0 fully saturated rings. The Kier molecular flexibility index (Phi) is 20.7. The normalized spacial score (nSPS) is 14.3. The lowest BCUT2D eigenvalue weighted by atomic mass is 9.47.